The minimum atomic E-state index is 0.631. The lowest BCUT2D eigenvalue weighted by molar-refractivity contribution is 0.321. The third kappa shape index (κ3) is 2.41. The van der Waals surface area contributed by atoms with Crippen molar-refractivity contribution in [3.05, 3.63) is 18.2 Å². The molecule has 0 amide bonds. The molecule has 3 rings (SSSR count). The third-order valence-corrected chi connectivity index (χ3v) is 5.38. The number of nitrogens with two attached hydrogens (primary N) is 1. The van der Waals surface area contributed by atoms with E-state index < -0.39 is 0 Å². The Hall–Kier alpha value is -1.29. The summed E-state index contributed by atoms with van der Waals surface area (Å²) in [5.41, 5.74) is 7.72. The van der Waals surface area contributed by atoms with E-state index in [1.807, 2.05) is 18.2 Å². The average Bonchev–Trinajstić information content (AvgIpc) is 2.81. The van der Waals surface area contributed by atoms with Crippen molar-refractivity contribution in [3.8, 4) is 0 Å². The van der Waals surface area contributed by atoms with Crippen molar-refractivity contribution in [1.82, 2.24) is 4.98 Å². The maximum Gasteiger partial charge on any atom is 0.186 e. The molecule has 2 N–H and O–H groups in total. The molecule has 1 aromatic carbocycles. The second kappa shape index (κ2) is 5.00. The van der Waals surface area contributed by atoms with Gasteiger partial charge in [0.2, 0.25) is 0 Å². The van der Waals surface area contributed by atoms with Gasteiger partial charge in [-0.15, -0.1) is 0 Å². The van der Waals surface area contributed by atoms with E-state index in [0.29, 0.717) is 6.04 Å². The molecule has 1 heterocycles. The monoisotopic (exact) mass is 275 g/mol. The van der Waals surface area contributed by atoms with Gasteiger partial charge in [-0.2, -0.15) is 0 Å². The highest BCUT2D eigenvalue weighted by Crippen LogP contribution is 2.35. The summed E-state index contributed by atoms with van der Waals surface area (Å²) < 4.78 is 1.19. The molecule has 1 aliphatic rings. The fourth-order valence-corrected chi connectivity index (χ4v) is 4.13. The first-order valence-electron chi connectivity index (χ1n) is 7.04. The van der Waals surface area contributed by atoms with Crippen molar-refractivity contribution in [2.75, 3.05) is 17.7 Å². The Kier molecular flexibility index (Phi) is 3.35. The Morgan fingerprint density at radius 1 is 1.32 bits per heavy atom. The smallest absolute Gasteiger partial charge is 0.186 e. The lowest BCUT2D eigenvalue weighted by atomic mass is 9.85. The van der Waals surface area contributed by atoms with Crippen molar-refractivity contribution in [2.24, 2.45) is 5.92 Å². The first kappa shape index (κ1) is 12.7. The molecule has 1 fully saturated rings. The minimum Gasteiger partial charge on any atom is -0.399 e. The number of hydrogen-bond donors (Lipinski definition) is 1. The maximum atomic E-state index is 5.84. The molecule has 0 bridgehead atoms. The standard InChI is InChI=1S/C15H21N3S/c1-10-5-3-4-6-13(10)18(2)15-17-12-8-7-11(16)9-14(12)19-15/h7-10,13H,3-6,16H2,1-2H3. The van der Waals surface area contributed by atoms with E-state index in [-0.39, 0.29) is 0 Å². The summed E-state index contributed by atoms with van der Waals surface area (Å²) in [5.74, 6) is 0.760. The lowest BCUT2D eigenvalue weighted by Crippen LogP contribution is -2.38. The molecular weight excluding hydrogens is 254 g/mol. The Balaban J connectivity index is 1.90. The molecule has 2 atom stereocenters. The van der Waals surface area contributed by atoms with Gasteiger partial charge in [0, 0.05) is 18.8 Å². The van der Waals surface area contributed by atoms with Crippen LogP contribution in [0.5, 0.6) is 0 Å². The van der Waals surface area contributed by atoms with Crippen LogP contribution in [-0.2, 0) is 0 Å². The summed E-state index contributed by atoms with van der Waals surface area (Å²) in [6.45, 7) is 2.37. The Bertz CT molecular complexity index is 578. The van der Waals surface area contributed by atoms with E-state index in [2.05, 4.69) is 18.9 Å². The van der Waals surface area contributed by atoms with Gasteiger partial charge < -0.3 is 10.6 Å². The van der Waals surface area contributed by atoms with Gasteiger partial charge in [-0.05, 0) is 37.0 Å². The van der Waals surface area contributed by atoms with Crippen LogP contribution >= 0.6 is 11.3 Å². The van der Waals surface area contributed by atoms with Gasteiger partial charge in [0.15, 0.2) is 5.13 Å². The predicted octanol–water partition coefficient (Wildman–Crippen LogP) is 3.89. The summed E-state index contributed by atoms with van der Waals surface area (Å²) in [6.07, 6.45) is 5.35. The second-order valence-electron chi connectivity index (χ2n) is 5.66. The summed E-state index contributed by atoms with van der Waals surface area (Å²) in [6, 6.07) is 6.60. The number of aromatic nitrogens is 1. The molecule has 2 aromatic rings. The molecule has 1 saturated carbocycles. The summed E-state index contributed by atoms with van der Waals surface area (Å²) in [7, 11) is 2.19. The van der Waals surface area contributed by atoms with Crippen LogP contribution in [-0.4, -0.2) is 18.1 Å². The molecular formula is C15H21N3S. The molecule has 0 spiro atoms. The van der Waals surface area contributed by atoms with Gasteiger partial charge in [0.1, 0.15) is 0 Å². The third-order valence-electron chi connectivity index (χ3n) is 4.27. The van der Waals surface area contributed by atoms with Crippen LogP contribution in [0, 0.1) is 5.92 Å². The topological polar surface area (TPSA) is 42.2 Å². The Morgan fingerprint density at radius 3 is 2.89 bits per heavy atom. The zero-order valence-electron chi connectivity index (χ0n) is 11.6. The van der Waals surface area contributed by atoms with E-state index >= 15 is 0 Å². The van der Waals surface area contributed by atoms with Crippen LogP contribution < -0.4 is 10.6 Å². The number of benzene rings is 1. The van der Waals surface area contributed by atoms with Crippen LogP contribution in [0.25, 0.3) is 10.2 Å². The average molecular weight is 275 g/mol. The molecule has 3 nitrogen and oxygen atoms in total. The molecule has 0 aliphatic heterocycles. The predicted molar refractivity (Wildman–Crippen MR) is 83.9 cm³/mol. The van der Waals surface area contributed by atoms with E-state index in [4.69, 9.17) is 10.7 Å². The number of anilines is 2. The molecule has 0 saturated heterocycles. The fourth-order valence-electron chi connectivity index (χ4n) is 3.09. The van der Waals surface area contributed by atoms with Gasteiger partial charge >= 0.3 is 0 Å². The number of hydrogen-bond acceptors (Lipinski definition) is 4. The molecule has 0 radical (unpaired) electrons. The largest absolute Gasteiger partial charge is 0.399 e. The summed E-state index contributed by atoms with van der Waals surface area (Å²) in [5, 5.41) is 1.12. The Labute approximate surface area is 118 Å². The Morgan fingerprint density at radius 2 is 2.11 bits per heavy atom. The van der Waals surface area contributed by atoms with E-state index in [1.165, 1.54) is 30.4 Å². The van der Waals surface area contributed by atoms with Gasteiger partial charge in [-0.3, -0.25) is 0 Å². The highest BCUT2D eigenvalue weighted by Gasteiger charge is 2.26. The summed E-state index contributed by atoms with van der Waals surface area (Å²) >= 11 is 1.75. The molecule has 1 aromatic heterocycles. The second-order valence-corrected chi connectivity index (χ2v) is 6.67. The van der Waals surface area contributed by atoms with Gasteiger partial charge in [0.05, 0.1) is 10.2 Å². The first-order chi connectivity index (χ1) is 9.15. The van der Waals surface area contributed by atoms with Crippen molar-refractivity contribution in [2.45, 2.75) is 38.6 Å². The van der Waals surface area contributed by atoms with Gasteiger partial charge in [0.25, 0.3) is 0 Å². The van der Waals surface area contributed by atoms with Crippen LogP contribution in [0.15, 0.2) is 18.2 Å². The van der Waals surface area contributed by atoms with E-state index in [1.54, 1.807) is 11.3 Å². The van der Waals surface area contributed by atoms with Crippen LogP contribution in [0.1, 0.15) is 32.6 Å². The van der Waals surface area contributed by atoms with Crippen molar-refractivity contribution in [3.63, 3.8) is 0 Å². The zero-order chi connectivity index (χ0) is 13.4. The number of fused-ring (bicyclic) bond motifs is 1. The normalized spacial score (nSPS) is 23.7. The molecule has 2 unspecified atom stereocenters. The lowest BCUT2D eigenvalue weighted by Gasteiger charge is -2.36. The van der Waals surface area contributed by atoms with Gasteiger partial charge in [-0.1, -0.05) is 31.1 Å². The van der Waals surface area contributed by atoms with E-state index in [9.17, 15) is 0 Å². The minimum absolute atomic E-state index is 0.631. The number of rotatable bonds is 2. The molecule has 102 valence electrons. The van der Waals surface area contributed by atoms with E-state index in [0.717, 1.165) is 22.3 Å². The molecule has 1 aliphatic carbocycles. The van der Waals surface area contributed by atoms with Crippen LogP contribution in [0.2, 0.25) is 0 Å². The number of nitrogens with zero attached hydrogens (tertiary/aromatic N) is 2. The molecule has 19 heavy (non-hydrogen) atoms. The first-order valence-corrected chi connectivity index (χ1v) is 7.85. The van der Waals surface area contributed by atoms with Crippen molar-refractivity contribution >= 4 is 32.4 Å². The SMILES string of the molecule is CC1CCCCC1N(C)c1nc2ccc(N)cc2s1. The highest BCUT2D eigenvalue weighted by molar-refractivity contribution is 7.22. The van der Waals surface area contributed by atoms with Crippen molar-refractivity contribution in [1.29, 1.82) is 0 Å². The highest BCUT2D eigenvalue weighted by atomic mass is 32.1. The van der Waals surface area contributed by atoms with Gasteiger partial charge in [-0.25, -0.2) is 4.98 Å². The van der Waals surface area contributed by atoms with Crippen LogP contribution in [0.4, 0.5) is 10.8 Å². The zero-order valence-corrected chi connectivity index (χ0v) is 12.4. The quantitative estimate of drug-likeness (QED) is 0.845. The number of nitrogen functional groups attached to an aromatic ring is 1. The summed E-state index contributed by atoms with van der Waals surface area (Å²) in [4.78, 5) is 7.13. The van der Waals surface area contributed by atoms with Crippen LogP contribution in [0.3, 0.4) is 0 Å². The maximum absolute atomic E-state index is 5.84. The fraction of sp³-hybridized carbons (Fsp3) is 0.533. The number of thiazole rings is 1. The molecule has 4 heteroatoms. The van der Waals surface area contributed by atoms with Crippen molar-refractivity contribution < 1.29 is 0 Å².